The van der Waals surface area contributed by atoms with Crippen molar-refractivity contribution in [1.29, 1.82) is 5.26 Å². The molecule has 1 rings (SSSR count). The van der Waals surface area contributed by atoms with Crippen LogP contribution in [0, 0.1) is 25.2 Å². The Hall–Kier alpha value is -1.49. The largest absolute Gasteiger partial charge is 0.492 e. The number of rotatable bonds is 3. The van der Waals surface area contributed by atoms with Crippen molar-refractivity contribution in [2.75, 3.05) is 6.61 Å². The van der Waals surface area contributed by atoms with Crippen LogP contribution < -0.4 is 4.74 Å². The normalized spacial score (nSPS) is 9.31. The molecule has 1 aromatic rings. The topological polar surface area (TPSA) is 33.0 Å². The standard InChI is InChI=1S/C11H13NO/c1-9-5-3-6-10(2)11(9)13-8-4-7-12/h3,5-6H,4,8H2,1-2H3. The zero-order valence-electron chi connectivity index (χ0n) is 8.00. The van der Waals surface area contributed by atoms with E-state index >= 15 is 0 Å². The number of nitriles is 1. The Bertz CT molecular complexity index is 305. The quantitative estimate of drug-likeness (QED) is 0.661. The van der Waals surface area contributed by atoms with Gasteiger partial charge in [0.15, 0.2) is 0 Å². The fourth-order valence-electron chi connectivity index (χ4n) is 1.23. The van der Waals surface area contributed by atoms with Crippen LogP contribution in [0.15, 0.2) is 18.2 Å². The Morgan fingerprint density at radius 2 is 1.92 bits per heavy atom. The lowest BCUT2D eigenvalue weighted by Crippen LogP contribution is -1.99. The third-order valence-electron chi connectivity index (χ3n) is 1.87. The average molecular weight is 175 g/mol. The lowest BCUT2D eigenvalue weighted by atomic mass is 10.1. The molecular formula is C11H13NO. The van der Waals surface area contributed by atoms with Gasteiger partial charge < -0.3 is 4.74 Å². The molecule has 0 aliphatic heterocycles. The highest BCUT2D eigenvalue weighted by molar-refractivity contribution is 5.39. The summed E-state index contributed by atoms with van der Waals surface area (Å²) in [7, 11) is 0. The molecule has 68 valence electrons. The van der Waals surface area contributed by atoms with Crippen LogP contribution in [0.1, 0.15) is 17.5 Å². The second kappa shape index (κ2) is 4.51. The van der Waals surface area contributed by atoms with Crippen LogP contribution in [-0.4, -0.2) is 6.61 Å². The van der Waals surface area contributed by atoms with Gasteiger partial charge >= 0.3 is 0 Å². The van der Waals surface area contributed by atoms with E-state index in [-0.39, 0.29) is 0 Å². The highest BCUT2D eigenvalue weighted by atomic mass is 16.5. The van der Waals surface area contributed by atoms with Crippen molar-refractivity contribution in [3.8, 4) is 11.8 Å². The first kappa shape index (κ1) is 9.60. The summed E-state index contributed by atoms with van der Waals surface area (Å²) in [4.78, 5) is 0. The zero-order valence-corrected chi connectivity index (χ0v) is 8.00. The average Bonchev–Trinajstić information content (AvgIpc) is 2.10. The predicted octanol–water partition coefficient (Wildman–Crippen LogP) is 2.60. The summed E-state index contributed by atoms with van der Waals surface area (Å²) in [5, 5.41) is 8.35. The highest BCUT2D eigenvalue weighted by Gasteiger charge is 2.01. The first-order chi connectivity index (χ1) is 6.25. The zero-order chi connectivity index (χ0) is 9.68. The lowest BCUT2D eigenvalue weighted by molar-refractivity contribution is 0.322. The van der Waals surface area contributed by atoms with Crippen LogP contribution in [-0.2, 0) is 0 Å². The molecule has 0 aliphatic carbocycles. The third kappa shape index (κ3) is 2.48. The fraction of sp³-hybridized carbons (Fsp3) is 0.364. The lowest BCUT2D eigenvalue weighted by Gasteiger charge is -2.09. The number of ether oxygens (including phenoxy) is 1. The minimum atomic E-state index is 0.438. The Morgan fingerprint density at radius 1 is 1.31 bits per heavy atom. The minimum Gasteiger partial charge on any atom is -0.492 e. The van der Waals surface area contributed by atoms with E-state index in [1.165, 1.54) is 0 Å². The first-order valence-corrected chi connectivity index (χ1v) is 4.31. The minimum absolute atomic E-state index is 0.438. The van der Waals surface area contributed by atoms with Gasteiger partial charge in [-0.3, -0.25) is 0 Å². The summed E-state index contributed by atoms with van der Waals surface area (Å²) in [6.07, 6.45) is 0.438. The third-order valence-corrected chi connectivity index (χ3v) is 1.87. The molecule has 0 atom stereocenters. The van der Waals surface area contributed by atoms with Crippen molar-refractivity contribution < 1.29 is 4.74 Å². The number of hydrogen-bond donors (Lipinski definition) is 0. The molecule has 2 nitrogen and oxygen atoms in total. The number of para-hydroxylation sites is 1. The van der Waals surface area contributed by atoms with E-state index in [1.807, 2.05) is 32.0 Å². The second-order valence-corrected chi connectivity index (χ2v) is 2.98. The van der Waals surface area contributed by atoms with Gasteiger partial charge in [0, 0.05) is 0 Å². The van der Waals surface area contributed by atoms with E-state index in [0.717, 1.165) is 16.9 Å². The molecule has 0 spiro atoms. The summed E-state index contributed by atoms with van der Waals surface area (Å²) in [5.41, 5.74) is 2.25. The maximum Gasteiger partial charge on any atom is 0.125 e. The van der Waals surface area contributed by atoms with Crippen LogP contribution in [0.25, 0.3) is 0 Å². The molecule has 0 amide bonds. The summed E-state index contributed by atoms with van der Waals surface area (Å²) < 4.78 is 5.49. The molecular weight excluding hydrogens is 162 g/mol. The van der Waals surface area contributed by atoms with Gasteiger partial charge in [-0.25, -0.2) is 0 Å². The Labute approximate surface area is 78.8 Å². The van der Waals surface area contributed by atoms with Crippen LogP contribution in [0.2, 0.25) is 0 Å². The summed E-state index contributed by atoms with van der Waals surface area (Å²) >= 11 is 0. The maximum absolute atomic E-state index is 8.35. The number of aryl methyl sites for hydroxylation is 2. The van der Waals surface area contributed by atoms with Crippen molar-refractivity contribution in [1.82, 2.24) is 0 Å². The molecule has 1 aromatic carbocycles. The predicted molar refractivity (Wildman–Crippen MR) is 51.6 cm³/mol. The molecule has 0 saturated heterocycles. The molecule has 0 N–H and O–H groups in total. The molecule has 0 unspecified atom stereocenters. The smallest absolute Gasteiger partial charge is 0.125 e. The van der Waals surface area contributed by atoms with Gasteiger partial charge in [-0.2, -0.15) is 5.26 Å². The van der Waals surface area contributed by atoms with Gasteiger partial charge in [0.25, 0.3) is 0 Å². The fourth-order valence-corrected chi connectivity index (χ4v) is 1.23. The molecule has 0 aliphatic rings. The van der Waals surface area contributed by atoms with E-state index in [9.17, 15) is 0 Å². The second-order valence-electron chi connectivity index (χ2n) is 2.98. The van der Waals surface area contributed by atoms with Crippen LogP contribution >= 0.6 is 0 Å². The Kier molecular flexibility index (Phi) is 3.33. The van der Waals surface area contributed by atoms with Gasteiger partial charge in [-0.15, -0.1) is 0 Å². The van der Waals surface area contributed by atoms with Gasteiger partial charge in [0.2, 0.25) is 0 Å². The SMILES string of the molecule is Cc1cccc(C)c1OCCC#N. The van der Waals surface area contributed by atoms with Crippen LogP contribution in [0.5, 0.6) is 5.75 Å². The molecule has 0 heterocycles. The monoisotopic (exact) mass is 175 g/mol. The molecule has 0 saturated carbocycles. The number of nitrogens with zero attached hydrogens (tertiary/aromatic N) is 1. The Morgan fingerprint density at radius 3 is 2.46 bits per heavy atom. The molecule has 0 aromatic heterocycles. The van der Waals surface area contributed by atoms with Crippen molar-refractivity contribution in [2.24, 2.45) is 0 Å². The van der Waals surface area contributed by atoms with E-state index in [0.29, 0.717) is 13.0 Å². The van der Waals surface area contributed by atoms with Crippen LogP contribution in [0.4, 0.5) is 0 Å². The number of hydrogen-bond acceptors (Lipinski definition) is 2. The van der Waals surface area contributed by atoms with Gasteiger partial charge in [0.05, 0.1) is 12.5 Å². The summed E-state index contributed by atoms with van der Waals surface area (Å²) in [6.45, 7) is 4.49. The first-order valence-electron chi connectivity index (χ1n) is 4.31. The number of benzene rings is 1. The van der Waals surface area contributed by atoms with E-state index < -0.39 is 0 Å². The molecule has 0 radical (unpaired) electrons. The van der Waals surface area contributed by atoms with Gasteiger partial charge in [-0.1, -0.05) is 18.2 Å². The van der Waals surface area contributed by atoms with Crippen molar-refractivity contribution >= 4 is 0 Å². The van der Waals surface area contributed by atoms with E-state index in [1.54, 1.807) is 0 Å². The van der Waals surface area contributed by atoms with Crippen molar-refractivity contribution in [3.05, 3.63) is 29.3 Å². The molecule has 0 fully saturated rings. The highest BCUT2D eigenvalue weighted by Crippen LogP contribution is 2.22. The molecule has 13 heavy (non-hydrogen) atoms. The van der Waals surface area contributed by atoms with Gasteiger partial charge in [0.1, 0.15) is 12.4 Å². The maximum atomic E-state index is 8.35. The van der Waals surface area contributed by atoms with Crippen LogP contribution in [0.3, 0.4) is 0 Å². The van der Waals surface area contributed by atoms with Crippen molar-refractivity contribution in [2.45, 2.75) is 20.3 Å². The van der Waals surface area contributed by atoms with E-state index in [2.05, 4.69) is 6.07 Å². The Balaban J connectivity index is 2.71. The summed E-state index contributed by atoms with van der Waals surface area (Å²) in [5.74, 6) is 0.915. The molecule has 2 heteroatoms. The van der Waals surface area contributed by atoms with E-state index in [4.69, 9.17) is 10.00 Å². The molecule has 0 bridgehead atoms. The summed E-state index contributed by atoms with van der Waals surface area (Å²) in [6, 6.07) is 8.07. The van der Waals surface area contributed by atoms with Crippen molar-refractivity contribution in [3.63, 3.8) is 0 Å². The van der Waals surface area contributed by atoms with Gasteiger partial charge in [-0.05, 0) is 25.0 Å².